The Bertz CT molecular complexity index is 489. The SMILES string of the molecule is COC1(C)CCCN(C(=O)[C@H](N)Cc2ccc(O)cc2)C1. The van der Waals surface area contributed by atoms with E-state index in [1.165, 1.54) is 0 Å². The van der Waals surface area contributed by atoms with Gasteiger partial charge in [-0.15, -0.1) is 0 Å². The van der Waals surface area contributed by atoms with Crippen molar-refractivity contribution in [1.82, 2.24) is 4.90 Å². The molecule has 1 amide bonds. The number of phenols is 1. The minimum absolute atomic E-state index is 0.0361. The number of carbonyl (C=O) groups is 1. The number of piperidine rings is 1. The number of phenolic OH excluding ortho intramolecular Hbond substituents is 1. The summed E-state index contributed by atoms with van der Waals surface area (Å²) in [6.45, 7) is 3.35. The van der Waals surface area contributed by atoms with Crippen molar-refractivity contribution in [3.05, 3.63) is 29.8 Å². The number of likely N-dealkylation sites (tertiary alicyclic amines) is 1. The van der Waals surface area contributed by atoms with Crippen molar-refractivity contribution in [3.8, 4) is 5.75 Å². The van der Waals surface area contributed by atoms with E-state index in [-0.39, 0.29) is 17.3 Å². The number of nitrogens with two attached hydrogens (primary N) is 1. The normalized spacial score (nSPS) is 23.9. The van der Waals surface area contributed by atoms with Crippen LogP contribution < -0.4 is 5.73 Å². The first-order valence-electron chi connectivity index (χ1n) is 7.31. The molecule has 5 nitrogen and oxygen atoms in total. The summed E-state index contributed by atoms with van der Waals surface area (Å²) in [6, 6.07) is 6.23. The number of ether oxygens (including phenoxy) is 1. The Labute approximate surface area is 125 Å². The van der Waals surface area contributed by atoms with Gasteiger partial charge in [0.15, 0.2) is 0 Å². The van der Waals surface area contributed by atoms with E-state index in [0.29, 0.717) is 13.0 Å². The van der Waals surface area contributed by atoms with Gasteiger partial charge in [0.05, 0.1) is 11.6 Å². The molecule has 0 radical (unpaired) electrons. The molecule has 0 bridgehead atoms. The molecule has 1 saturated heterocycles. The molecule has 0 aromatic heterocycles. The van der Waals surface area contributed by atoms with Gasteiger partial charge in [-0.2, -0.15) is 0 Å². The van der Waals surface area contributed by atoms with Gasteiger partial charge < -0.3 is 20.5 Å². The first kappa shape index (κ1) is 15.8. The van der Waals surface area contributed by atoms with Gasteiger partial charge in [-0.1, -0.05) is 12.1 Å². The summed E-state index contributed by atoms with van der Waals surface area (Å²) >= 11 is 0. The van der Waals surface area contributed by atoms with Gasteiger partial charge in [0, 0.05) is 20.2 Å². The van der Waals surface area contributed by atoms with Gasteiger partial charge in [-0.05, 0) is 43.9 Å². The number of nitrogens with zero attached hydrogens (tertiary/aromatic N) is 1. The second kappa shape index (κ2) is 6.45. The molecule has 1 aromatic carbocycles. The lowest BCUT2D eigenvalue weighted by Gasteiger charge is -2.40. The summed E-state index contributed by atoms with van der Waals surface area (Å²) in [6.07, 6.45) is 2.36. The first-order chi connectivity index (χ1) is 9.93. The zero-order valence-corrected chi connectivity index (χ0v) is 12.7. The van der Waals surface area contributed by atoms with Gasteiger partial charge in [0.25, 0.3) is 0 Å². The maximum absolute atomic E-state index is 12.5. The molecule has 1 aromatic rings. The molecule has 2 atom stereocenters. The van der Waals surface area contributed by atoms with E-state index < -0.39 is 6.04 Å². The largest absolute Gasteiger partial charge is 0.508 e. The zero-order valence-electron chi connectivity index (χ0n) is 12.7. The highest BCUT2D eigenvalue weighted by Crippen LogP contribution is 2.24. The molecular weight excluding hydrogens is 268 g/mol. The average molecular weight is 292 g/mol. The molecule has 1 unspecified atom stereocenters. The molecule has 5 heteroatoms. The standard InChI is InChI=1S/C16H24N2O3/c1-16(21-2)8-3-9-18(11-16)15(20)14(17)10-12-4-6-13(19)7-5-12/h4-7,14,19H,3,8-11,17H2,1-2H3/t14-,16?/m1/s1. The fraction of sp³-hybridized carbons (Fsp3) is 0.562. The molecule has 116 valence electrons. The Morgan fingerprint density at radius 1 is 1.48 bits per heavy atom. The Hall–Kier alpha value is -1.59. The average Bonchev–Trinajstić information content (AvgIpc) is 2.49. The van der Waals surface area contributed by atoms with Crippen LogP contribution >= 0.6 is 0 Å². The van der Waals surface area contributed by atoms with Gasteiger partial charge in [0.2, 0.25) is 5.91 Å². The van der Waals surface area contributed by atoms with Crippen LogP contribution in [0.2, 0.25) is 0 Å². The third-order valence-electron chi connectivity index (χ3n) is 4.17. The third kappa shape index (κ3) is 3.95. The van der Waals surface area contributed by atoms with Crippen LogP contribution in [-0.4, -0.2) is 47.8 Å². The molecule has 0 aliphatic carbocycles. The lowest BCUT2D eigenvalue weighted by molar-refractivity contribution is -0.140. The number of rotatable bonds is 4. The highest BCUT2D eigenvalue weighted by Gasteiger charge is 2.34. The number of hydrogen-bond acceptors (Lipinski definition) is 4. The van der Waals surface area contributed by atoms with Crippen molar-refractivity contribution >= 4 is 5.91 Å². The Morgan fingerprint density at radius 3 is 2.76 bits per heavy atom. The minimum Gasteiger partial charge on any atom is -0.508 e. The monoisotopic (exact) mass is 292 g/mol. The summed E-state index contributed by atoms with van der Waals surface area (Å²) < 4.78 is 5.51. The van der Waals surface area contributed by atoms with E-state index in [2.05, 4.69) is 0 Å². The van der Waals surface area contributed by atoms with Gasteiger partial charge in [0.1, 0.15) is 5.75 Å². The Kier molecular flexibility index (Phi) is 4.85. The second-order valence-electron chi connectivity index (χ2n) is 5.99. The smallest absolute Gasteiger partial charge is 0.239 e. The van der Waals surface area contributed by atoms with Crippen LogP contribution in [-0.2, 0) is 16.0 Å². The molecule has 1 aliphatic heterocycles. The fourth-order valence-electron chi connectivity index (χ4n) is 2.77. The van der Waals surface area contributed by atoms with E-state index in [9.17, 15) is 9.90 Å². The summed E-state index contributed by atoms with van der Waals surface area (Å²) in [5.41, 5.74) is 6.73. The lowest BCUT2D eigenvalue weighted by Crippen LogP contribution is -2.54. The maximum atomic E-state index is 12.5. The van der Waals surface area contributed by atoms with Crippen molar-refractivity contribution in [1.29, 1.82) is 0 Å². The van der Waals surface area contributed by atoms with E-state index in [1.54, 1.807) is 36.3 Å². The van der Waals surface area contributed by atoms with E-state index >= 15 is 0 Å². The number of carbonyl (C=O) groups excluding carboxylic acids is 1. The highest BCUT2D eigenvalue weighted by molar-refractivity contribution is 5.82. The van der Waals surface area contributed by atoms with E-state index in [0.717, 1.165) is 24.9 Å². The molecule has 2 rings (SSSR count). The molecule has 0 saturated carbocycles. The summed E-state index contributed by atoms with van der Waals surface area (Å²) in [5, 5.41) is 9.27. The van der Waals surface area contributed by atoms with Crippen molar-refractivity contribution in [2.45, 2.75) is 37.8 Å². The van der Waals surface area contributed by atoms with Crippen LogP contribution in [0.1, 0.15) is 25.3 Å². The predicted molar refractivity (Wildman–Crippen MR) is 81.0 cm³/mol. The second-order valence-corrected chi connectivity index (χ2v) is 5.99. The van der Waals surface area contributed by atoms with Crippen LogP contribution in [0.4, 0.5) is 0 Å². The summed E-state index contributed by atoms with van der Waals surface area (Å²) in [4.78, 5) is 14.3. The summed E-state index contributed by atoms with van der Waals surface area (Å²) in [5.74, 6) is 0.177. The van der Waals surface area contributed by atoms with E-state index in [4.69, 9.17) is 10.5 Å². The lowest BCUT2D eigenvalue weighted by atomic mass is 9.94. The van der Waals surface area contributed by atoms with E-state index in [1.807, 2.05) is 6.92 Å². The number of amides is 1. The van der Waals surface area contributed by atoms with Crippen molar-refractivity contribution in [3.63, 3.8) is 0 Å². The zero-order chi connectivity index (χ0) is 15.5. The minimum atomic E-state index is -0.561. The molecule has 21 heavy (non-hydrogen) atoms. The van der Waals surface area contributed by atoms with Crippen LogP contribution in [0.15, 0.2) is 24.3 Å². The molecular formula is C16H24N2O3. The quantitative estimate of drug-likeness (QED) is 0.877. The number of methoxy groups -OCH3 is 1. The molecule has 3 N–H and O–H groups in total. The van der Waals surface area contributed by atoms with Crippen LogP contribution in [0.25, 0.3) is 0 Å². The van der Waals surface area contributed by atoms with Crippen molar-refractivity contribution < 1.29 is 14.6 Å². The van der Waals surface area contributed by atoms with Gasteiger partial charge in [-0.25, -0.2) is 0 Å². The molecule has 1 fully saturated rings. The number of benzene rings is 1. The number of hydrogen-bond donors (Lipinski definition) is 2. The Morgan fingerprint density at radius 2 is 2.14 bits per heavy atom. The molecule has 1 heterocycles. The van der Waals surface area contributed by atoms with Crippen LogP contribution in [0.5, 0.6) is 5.75 Å². The third-order valence-corrected chi connectivity index (χ3v) is 4.17. The van der Waals surface area contributed by atoms with Gasteiger partial charge >= 0.3 is 0 Å². The Balaban J connectivity index is 1.97. The van der Waals surface area contributed by atoms with Crippen molar-refractivity contribution in [2.24, 2.45) is 5.73 Å². The highest BCUT2D eigenvalue weighted by atomic mass is 16.5. The topological polar surface area (TPSA) is 75.8 Å². The number of aromatic hydroxyl groups is 1. The van der Waals surface area contributed by atoms with Crippen LogP contribution in [0.3, 0.4) is 0 Å². The molecule has 0 spiro atoms. The van der Waals surface area contributed by atoms with Gasteiger partial charge in [-0.3, -0.25) is 4.79 Å². The predicted octanol–water partition coefficient (Wildman–Crippen LogP) is 1.29. The van der Waals surface area contributed by atoms with Crippen molar-refractivity contribution in [2.75, 3.05) is 20.2 Å². The maximum Gasteiger partial charge on any atom is 0.239 e. The fourth-order valence-corrected chi connectivity index (χ4v) is 2.77. The van der Waals surface area contributed by atoms with Crippen LogP contribution in [0, 0.1) is 0 Å². The molecule has 1 aliphatic rings. The first-order valence-corrected chi connectivity index (χ1v) is 7.31. The summed E-state index contributed by atoms with van der Waals surface area (Å²) in [7, 11) is 1.68.